The Morgan fingerprint density at radius 3 is 2.72 bits per heavy atom. The molecule has 1 spiro atoms. The van der Waals surface area contributed by atoms with Gasteiger partial charge in [0.2, 0.25) is 5.91 Å². The van der Waals surface area contributed by atoms with Crippen molar-refractivity contribution in [1.82, 2.24) is 15.1 Å². The highest BCUT2D eigenvalue weighted by atomic mass is 16.5. The molecule has 4 aliphatic rings. The van der Waals surface area contributed by atoms with Crippen LogP contribution in [-0.2, 0) is 9.59 Å². The van der Waals surface area contributed by atoms with Crippen LogP contribution in [0.15, 0.2) is 72.8 Å². The molecule has 1 saturated heterocycles. The molecule has 1 N–H and O–H groups in total. The van der Waals surface area contributed by atoms with Gasteiger partial charge in [-0.25, -0.2) is 0 Å². The normalized spacial score (nSPS) is 21.4. The molecule has 0 radical (unpaired) electrons. The van der Waals surface area contributed by atoms with Crippen molar-refractivity contribution in [3.8, 4) is 23.3 Å². The van der Waals surface area contributed by atoms with Gasteiger partial charge in [0, 0.05) is 48.6 Å². The lowest BCUT2D eigenvalue weighted by molar-refractivity contribution is -0.132. The summed E-state index contributed by atoms with van der Waals surface area (Å²) in [5, 5.41) is 12.3. The maximum atomic E-state index is 13.4. The number of hydrogen-bond donors (Lipinski definition) is 1. The van der Waals surface area contributed by atoms with Gasteiger partial charge < -0.3 is 29.3 Å². The molecule has 3 aromatic carbocycles. The number of likely N-dealkylation sites (tertiary alicyclic amines) is 1. The molecule has 0 aliphatic carbocycles. The molecule has 4 bridgehead atoms. The number of carbonyl (C=O) groups excluding carboxylic acids is 3. The lowest BCUT2D eigenvalue weighted by Crippen LogP contribution is -2.50. The van der Waals surface area contributed by atoms with Gasteiger partial charge in [-0.2, -0.15) is 5.26 Å². The fourth-order valence-electron chi connectivity index (χ4n) is 6.11. The maximum absolute atomic E-state index is 13.4. The number of carbonyl (C=O) groups is 3. The van der Waals surface area contributed by atoms with Crippen molar-refractivity contribution in [1.29, 1.82) is 5.26 Å². The summed E-state index contributed by atoms with van der Waals surface area (Å²) in [7, 11) is 0. The largest absolute Gasteiger partial charge is 0.490 e. The number of para-hydroxylation sites is 2. The molecule has 10 heteroatoms. The quantitative estimate of drug-likeness (QED) is 0.504. The number of amides is 3. The molecule has 1 fully saturated rings. The Kier molecular flexibility index (Phi) is 7.88. The van der Waals surface area contributed by atoms with E-state index in [-0.39, 0.29) is 56.5 Å². The maximum Gasteiger partial charge on any atom is 0.260 e. The third kappa shape index (κ3) is 5.84. The van der Waals surface area contributed by atoms with Gasteiger partial charge >= 0.3 is 0 Å². The van der Waals surface area contributed by atoms with Gasteiger partial charge in [0.1, 0.15) is 5.75 Å². The predicted octanol–water partition coefficient (Wildman–Crippen LogP) is 2.98. The van der Waals surface area contributed by atoms with Crippen LogP contribution in [0.5, 0.6) is 17.2 Å². The van der Waals surface area contributed by atoms with Crippen molar-refractivity contribution < 1.29 is 28.6 Å². The standard InChI is InChI=1S/C33H32N4O6/c34-16-23-7-4-8-24(15-23)32(40)36-13-6-14-41-28-12-5-11-26-27-17-37(30(39)19-42-25-9-2-1-3-10-25)21-33(27,22-43-31(26)28)20-35-29(38)18-36/h1-5,7-12,15,27H,6,13-14,17-22H2,(H,35,38)/t27-,33+/m0/s1. The highest BCUT2D eigenvalue weighted by Crippen LogP contribution is 2.52. The summed E-state index contributed by atoms with van der Waals surface area (Å²) in [6.07, 6.45) is 0.484. The monoisotopic (exact) mass is 580 g/mol. The highest BCUT2D eigenvalue weighted by Gasteiger charge is 2.53. The molecule has 3 amide bonds. The van der Waals surface area contributed by atoms with E-state index in [1.165, 1.54) is 11.0 Å². The van der Waals surface area contributed by atoms with E-state index in [0.29, 0.717) is 54.5 Å². The van der Waals surface area contributed by atoms with Crippen LogP contribution in [0.4, 0.5) is 0 Å². The number of fused-ring (bicyclic) bond motifs is 9. The van der Waals surface area contributed by atoms with Crippen LogP contribution in [0.1, 0.15) is 33.8 Å². The van der Waals surface area contributed by atoms with E-state index in [9.17, 15) is 19.6 Å². The molecule has 3 aromatic rings. The SMILES string of the molecule is N#Cc1cccc(C(=O)N2CCCOc3cccc4c3OC[C@@]3(CNC(=O)C2)CN(C(=O)COc2ccccc2)C[C@@H]43)c1. The van der Waals surface area contributed by atoms with Gasteiger partial charge in [-0.3, -0.25) is 14.4 Å². The number of nitriles is 1. The third-order valence-electron chi connectivity index (χ3n) is 8.32. The Labute approximate surface area is 249 Å². The first-order valence-corrected chi connectivity index (χ1v) is 14.4. The second-order valence-electron chi connectivity index (χ2n) is 11.2. The number of ether oxygens (including phenoxy) is 3. The molecule has 4 heterocycles. The summed E-state index contributed by atoms with van der Waals surface area (Å²) >= 11 is 0. The van der Waals surface area contributed by atoms with E-state index in [2.05, 4.69) is 11.4 Å². The molecule has 2 atom stereocenters. The van der Waals surface area contributed by atoms with Crippen molar-refractivity contribution in [3.05, 3.63) is 89.5 Å². The Morgan fingerprint density at radius 2 is 1.88 bits per heavy atom. The molecule has 10 nitrogen and oxygen atoms in total. The molecular formula is C33H32N4O6. The van der Waals surface area contributed by atoms with Gasteiger partial charge in [0.25, 0.3) is 11.8 Å². The van der Waals surface area contributed by atoms with Crippen LogP contribution in [0.3, 0.4) is 0 Å². The van der Waals surface area contributed by atoms with E-state index in [4.69, 9.17) is 14.2 Å². The number of rotatable bonds is 4. The Hall–Kier alpha value is -5.04. The number of nitrogens with one attached hydrogen (secondary N) is 1. The van der Waals surface area contributed by atoms with E-state index >= 15 is 0 Å². The number of nitrogens with zero attached hydrogens (tertiary/aromatic N) is 3. The Morgan fingerprint density at radius 1 is 1.05 bits per heavy atom. The second-order valence-corrected chi connectivity index (χ2v) is 11.2. The van der Waals surface area contributed by atoms with Crippen LogP contribution in [0.25, 0.3) is 0 Å². The topological polar surface area (TPSA) is 121 Å². The van der Waals surface area contributed by atoms with Crippen LogP contribution in [0, 0.1) is 16.7 Å². The summed E-state index contributed by atoms with van der Waals surface area (Å²) in [6.45, 7) is 1.72. The smallest absolute Gasteiger partial charge is 0.260 e. The third-order valence-corrected chi connectivity index (χ3v) is 8.32. The van der Waals surface area contributed by atoms with Crippen LogP contribution in [-0.4, -0.2) is 80.1 Å². The predicted molar refractivity (Wildman–Crippen MR) is 156 cm³/mol. The van der Waals surface area contributed by atoms with Crippen molar-refractivity contribution in [3.63, 3.8) is 0 Å². The molecule has 0 saturated carbocycles. The average molecular weight is 581 g/mol. The lowest BCUT2D eigenvalue weighted by atomic mass is 9.73. The zero-order chi connectivity index (χ0) is 29.8. The first-order chi connectivity index (χ1) is 21.0. The van der Waals surface area contributed by atoms with E-state index in [1.807, 2.05) is 36.4 Å². The summed E-state index contributed by atoms with van der Waals surface area (Å²) in [4.78, 5) is 43.3. The summed E-state index contributed by atoms with van der Waals surface area (Å²) in [5.74, 6) is 0.997. The van der Waals surface area contributed by atoms with Crippen LogP contribution < -0.4 is 19.5 Å². The Bertz CT molecular complexity index is 1570. The molecule has 0 unspecified atom stereocenters. The minimum atomic E-state index is -0.580. The molecule has 43 heavy (non-hydrogen) atoms. The minimum Gasteiger partial charge on any atom is -0.490 e. The van der Waals surface area contributed by atoms with Gasteiger partial charge in [0.05, 0.1) is 31.4 Å². The average Bonchev–Trinajstić information content (AvgIpc) is 3.45. The molecule has 7 rings (SSSR count). The first-order valence-electron chi connectivity index (χ1n) is 14.4. The van der Waals surface area contributed by atoms with Crippen LogP contribution in [0.2, 0.25) is 0 Å². The minimum absolute atomic E-state index is 0.0971. The van der Waals surface area contributed by atoms with Gasteiger partial charge in [-0.05, 0) is 42.8 Å². The molecule has 4 aliphatic heterocycles. The first kappa shape index (κ1) is 28.1. The van der Waals surface area contributed by atoms with E-state index in [1.54, 1.807) is 35.2 Å². The molecule has 0 aromatic heterocycles. The Balaban J connectivity index is 1.24. The van der Waals surface area contributed by atoms with Crippen molar-refractivity contribution in [2.75, 3.05) is 52.5 Å². The van der Waals surface area contributed by atoms with E-state index in [0.717, 1.165) is 5.56 Å². The number of benzene rings is 3. The van der Waals surface area contributed by atoms with Gasteiger partial charge in [-0.15, -0.1) is 0 Å². The van der Waals surface area contributed by atoms with Crippen molar-refractivity contribution in [2.24, 2.45) is 5.41 Å². The van der Waals surface area contributed by atoms with Gasteiger partial charge in [0.15, 0.2) is 18.1 Å². The van der Waals surface area contributed by atoms with Gasteiger partial charge in [-0.1, -0.05) is 36.4 Å². The number of hydrogen-bond acceptors (Lipinski definition) is 7. The lowest BCUT2D eigenvalue weighted by Gasteiger charge is -2.40. The van der Waals surface area contributed by atoms with Crippen LogP contribution >= 0.6 is 0 Å². The zero-order valence-electron chi connectivity index (χ0n) is 23.7. The molecule has 220 valence electrons. The van der Waals surface area contributed by atoms with E-state index < -0.39 is 5.41 Å². The fraction of sp³-hybridized carbons (Fsp3) is 0.333. The molecular weight excluding hydrogens is 548 g/mol. The zero-order valence-corrected chi connectivity index (χ0v) is 23.7. The second kappa shape index (κ2) is 12.1. The van der Waals surface area contributed by atoms with Crippen molar-refractivity contribution in [2.45, 2.75) is 12.3 Å². The summed E-state index contributed by atoms with van der Waals surface area (Å²) in [5.41, 5.74) is 1.09. The van der Waals surface area contributed by atoms with Crippen molar-refractivity contribution >= 4 is 17.7 Å². The highest BCUT2D eigenvalue weighted by molar-refractivity contribution is 5.96. The summed E-state index contributed by atoms with van der Waals surface area (Å²) in [6, 6.07) is 23.5. The summed E-state index contributed by atoms with van der Waals surface area (Å²) < 4.78 is 18.2. The fourth-order valence-corrected chi connectivity index (χ4v) is 6.11.